The molecule has 1 aromatic heterocycles. The molecule has 7 nitrogen and oxygen atoms in total. The van der Waals surface area contributed by atoms with Crippen molar-refractivity contribution in [2.45, 2.75) is 31.5 Å². The van der Waals surface area contributed by atoms with E-state index in [0.29, 0.717) is 28.2 Å². The first-order valence-electron chi connectivity index (χ1n) is 10.1. The van der Waals surface area contributed by atoms with Gasteiger partial charge in [0.05, 0.1) is 12.2 Å². The molecule has 0 saturated heterocycles. The number of nitrogens with zero attached hydrogens (tertiary/aromatic N) is 3. The SMILES string of the molecule is C=CCn1c(CC(=O)Nc2ccc(Cl)cc2)nnc1SCC(=O)Nc1ccccc1CC. The van der Waals surface area contributed by atoms with Crippen molar-refractivity contribution in [3.63, 3.8) is 0 Å². The molecule has 0 atom stereocenters. The van der Waals surface area contributed by atoms with E-state index in [9.17, 15) is 9.59 Å². The summed E-state index contributed by atoms with van der Waals surface area (Å²) in [6.45, 7) is 6.24. The van der Waals surface area contributed by atoms with Crippen LogP contribution in [0, 0.1) is 0 Å². The molecule has 166 valence electrons. The van der Waals surface area contributed by atoms with Crippen molar-refractivity contribution < 1.29 is 9.59 Å². The van der Waals surface area contributed by atoms with Crippen LogP contribution in [-0.4, -0.2) is 32.3 Å². The van der Waals surface area contributed by atoms with E-state index in [4.69, 9.17) is 11.6 Å². The first-order valence-corrected chi connectivity index (χ1v) is 11.5. The summed E-state index contributed by atoms with van der Waals surface area (Å²) in [5.74, 6) is 0.307. The van der Waals surface area contributed by atoms with E-state index in [2.05, 4.69) is 27.4 Å². The van der Waals surface area contributed by atoms with Crippen LogP contribution in [0.5, 0.6) is 0 Å². The molecule has 1 heterocycles. The van der Waals surface area contributed by atoms with Gasteiger partial charge in [-0.2, -0.15) is 0 Å². The number of benzene rings is 2. The minimum atomic E-state index is -0.226. The highest BCUT2D eigenvalue weighted by molar-refractivity contribution is 7.99. The minimum absolute atomic E-state index is 0.0418. The molecule has 2 N–H and O–H groups in total. The summed E-state index contributed by atoms with van der Waals surface area (Å²) in [4.78, 5) is 24.9. The Labute approximate surface area is 196 Å². The highest BCUT2D eigenvalue weighted by atomic mass is 35.5. The van der Waals surface area contributed by atoms with Crippen molar-refractivity contribution in [3.8, 4) is 0 Å². The molecule has 0 aliphatic heterocycles. The number of hydrogen-bond donors (Lipinski definition) is 2. The predicted octanol–water partition coefficient (Wildman–Crippen LogP) is 4.59. The van der Waals surface area contributed by atoms with E-state index in [1.165, 1.54) is 11.8 Å². The number of amides is 2. The number of aromatic nitrogens is 3. The molecule has 0 bridgehead atoms. The number of carbonyl (C=O) groups excluding carboxylic acids is 2. The van der Waals surface area contributed by atoms with Crippen LogP contribution in [0.1, 0.15) is 18.3 Å². The summed E-state index contributed by atoms with van der Waals surface area (Å²) < 4.78 is 1.78. The lowest BCUT2D eigenvalue weighted by Crippen LogP contribution is -2.18. The summed E-state index contributed by atoms with van der Waals surface area (Å²) in [7, 11) is 0. The molecule has 2 amide bonds. The first-order chi connectivity index (χ1) is 15.5. The smallest absolute Gasteiger partial charge is 0.234 e. The van der Waals surface area contributed by atoms with Gasteiger partial charge < -0.3 is 15.2 Å². The van der Waals surface area contributed by atoms with E-state index in [1.807, 2.05) is 31.2 Å². The average Bonchev–Trinajstić information content (AvgIpc) is 3.15. The van der Waals surface area contributed by atoms with E-state index in [0.717, 1.165) is 17.7 Å². The number of aryl methyl sites for hydroxylation is 1. The lowest BCUT2D eigenvalue weighted by Gasteiger charge is -2.10. The summed E-state index contributed by atoms with van der Waals surface area (Å²) >= 11 is 7.14. The molecule has 3 rings (SSSR count). The standard InChI is InChI=1S/C23H24ClN5O2S/c1-3-13-29-20(14-21(30)25-18-11-9-17(24)10-12-18)27-28-23(29)32-15-22(31)26-19-8-6-5-7-16(19)4-2/h3,5-12H,1,4,13-15H2,2H3,(H,25,30)(H,26,31). The molecular formula is C23H24ClN5O2S. The second-order valence-corrected chi connectivity index (χ2v) is 8.26. The fourth-order valence-corrected chi connectivity index (χ4v) is 3.91. The molecule has 0 aliphatic carbocycles. The Hall–Kier alpha value is -3.10. The second-order valence-electron chi connectivity index (χ2n) is 6.88. The predicted molar refractivity (Wildman–Crippen MR) is 129 cm³/mol. The van der Waals surface area contributed by atoms with Crippen LogP contribution in [0.2, 0.25) is 5.02 Å². The molecule has 0 saturated carbocycles. The quantitative estimate of drug-likeness (QED) is 0.335. The van der Waals surface area contributed by atoms with Crippen LogP contribution in [0.3, 0.4) is 0 Å². The second kappa shape index (κ2) is 11.5. The Morgan fingerprint density at radius 2 is 1.84 bits per heavy atom. The Morgan fingerprint density at radius 3 is 2.56 bits per heavy atom. The summed E-state index contributed by atoms with van der Waals surface area (Å²) in [5, 5.41) is 15.2. The zero-order chi connectivity index (χ0) is 22.9. The maximum atomic E-state index is 12.5. The molecule has 0 spiro atoms. The number of carbonyl (C=O) groups is 2. The Balaban J connectivity index is 1.62. The van der Waals surface area contributed by atoms with Crippen molar-refractivity contribution in [1.29, 1.82) is 0 Å². The number of rotatable bonds is 10. The molecule has 0 unspecified atom stereocenters. The van der Waals surface area contributed by atoms with Crippen molar-refractivity contribution >= 4 is 46.6 Å². The number of thioether (sulfide) groups is 1. The van der Waals surface area contributed by atoms with E-state index >= 15 is 0 Å². The lowest BCUT2D eigenvalue weighted by molar-refractivity contribution is -0.116. The molecule has 0 fully saturated rings. The van der Waals surface area contributed by atoms with Gasteiger partial charge in [-0.25, -0.2) is 0 Å². The van der Waals surface area contributed by atoms with Gasteiger partial charge in [0.25, 0.3) is 0 Å². The molecule has 9 heteroatoms. The maximum absolute atomic E-state index is 12.5. The van der Waals surface area contributed by atoms with Crippen molar-refractivity contribution in [2.75, 3.05) is 16.4 Å². The van der Waals surface area contributed by atoms with Crippen molar-refractivity contribution in [1.82, 2.24) is 14.8 Å². The molecule has 2 aromatic carbocycles. The molecule has 3 aromatic rings. The minimum Gasteiger partial charge on any atom is -0.326 e. The lowest BCUT2D eigenvalue weighted by atomic mass is 10.1. The summed E-state index contributed by atoms with van der Waals surface area (Å²) in [6.07, 6.45) is 2.57. The van der Waals surface area contributed by atoms with Gasteiger partial charge in [-0.15, -0.1) is 16.8 Å². The average molecular weight is 470 g/mol. The van der Waals surface area contributed by atoms with Gasteiger partial charge in [-0.05, 0) is 42.3 Å². The number of halogens is 1. The van der Waals surface area contributed by atoms with Gasteiger partial charge in [-0.1, -0.05) is 54.6 Å². The van der Waals surface area contributed by atoms with Crippen LogP contribution in [0.4, 0.5) is 11.4 Å². The summed E-state index contributed by atoms with van der Waals surface area (Å²) in [6, 6.07) is 14.6. The zero-order valence-electron chi connectivity index (χ0n) is 17.7. The maximum Gasteiger partial charge on any atom is 0.234 e. The number of hydrogen-bond acceptors (Lipinski definition) is 5. The van der Waals surface area contributed by atoms with Gasteiger partial charge >= 0.3 is 0 Å². The number of anilines is 2. The highest BCUT2D eigenvalue weighted by Gasteiger charge is 2.17. The summed E-state index contributed by atoms with van der Waals surface area (Å²) in [5.41, 5.74) is 2.54. The number of nitrogens with one attached hydrogen (secondary N) is 2. The van der Waals surface area contributed by atoms with Crippen LogP contribution in [-0.2, 0) is 29.0 Å². The third kappa shape index (κ3) is 6.45. The molecular weight excluding hydrogens is 446 g/mol. The van der Waals surface area contributed by atoms with Crippen molar-refractivity contribution in [3.05, 3.63) is 77.6 Å². The highest BCUT2D eigenvalue weighted by Crippen LogP contribution is 2.20. The Kier molecular flexibility index (Phi) is 8.47. The van der Waals surface area contributed by atoms with Crippen molar-refractivity contribution in [2.24, 2.45) is 0 Å². The first kappa shape index (κ1) is 23.6. The van der Waals surface area contributed by atoms with Crippen LogP contribution >= 0.6 is 23.4 Å². The van der Waals surface area contributed by atoms with E-state index in [1.54, 1.807) is 34.9 Å². The van der Waals surface area contributed by atoms with Gasteiger partial charge in [0, 0.05) is 22.9 Å². The third-order valence-corrected chi connectivity index (χ3v) is 5.78. The molecule has 0 radical (unpaired) electrons. The fraction of sp³-hybridized carbons (Fsp3) is 0.217. The van der Waals surface area contributed by atoms with Gasteiger partial charge in [0.15, 0.2) is 5.16 Å². The number of allylic oxidation sites excluding steroid dienone is 1. The zero-order valence-corrected chi connectivity index (χ0v) is 19.2. The van der Waals surface area contributed by atoms with E-state index < -0.39 is 0 Å². The fourth-order valence-electron chi connectivity index (χ4n) is 3.02. The monoisotopic (exact) mass is 469 g/mol. The topological polar surface area (TPSA) is 88.9 Å². The van der Waals surface area contributed by atoms with Crippen LogP contribution in [0.15, 0.2) is 66.3 Å². The normalized spacial score (nSPS) is 10.6. The van der Waals surface area contributed by atoms with Gasteiger partial charge in [0.1, 0.15) is 5.82 Å². The van der Waals surface area contributed by atoms with Crippen LogP contribution < -0.4 is 10.6 Å². The van der Waals surface area contributed by atoms with Crippen LogP contribution in [0.25, 0.3) is 0 Å². The van der Waals surface area contributed by atoms with Gasteiger partial charge in [0.2, 0.25) is 11.8 Å². The largest absolute Gasteiger partial charge is 0.326 e. The number of para-hydroxylation sites is 1. The van der Waals surface area contributed by atoms with E-state index in [-0.39, 0.29) is 24.0 Å². The molecule has 0 aliphatic rings. The third-order valence-electron chi connectivity index (χ3n) is 4.56. The van der Waals surface area contributed by atoms with Gasteiger partial charge in [-0.3, -0.25) is 9.59 Å². The Bertz CT molecular complexity index is 1100. The molecule has 32 heavy (non-hydrogen) atoms. The Morgan fingerprint density at radius 1 is 1.09 bits per heavy atom.